The van der Waals surface area contributed by atoms with E-state index in [2.05, 4.69) is 13.8 Å². The molecule has 0 aliphatic carbocycles. The fourth-order valence-electron chi connectivity index (χ4n) is 1.76. The van der Waals surface area contributed by atoms with E-state index in [0.717, 1.165) is 19.3 Å². The first-order valence-corrected chi connectivity index (χ1v) is 9.29. The van der Waals surface area contributed by atoms with Crippen molar-refractivity contribution < 1.29 is 19.1 Å². The van der Waals surface area contributed by atoms with Gasteiger partial charge in [-0.2, -0.15) is 0 Å². The second kappa shape index (κ2) is 19.0. The van der Waals surface area contributed by atoms with Crippen LogP contribution in [0.2, 0.25) is 0 Å². The maximum Gasteiger partial charge on any atom is 0.308 e. The summed E-state index contributed by atoms with van der Waals surface area (Å²) in [6, 6.07) is 0. The number of esters is 2. The zero-order valence-electron chi connectivity index (χ0n) is 16.0. The molecule has 0 bridgehead atoms. The number of rotatable bonds is 12. The van der Waals surface area contributed by atoms with E-state index >= 15 is 0 Å². The Labute approximate surface area is 143 Å². The number of hydrogen-bond acceptors (Lipinski definition) is 4. The molecule has 0 aliphatic heterocycles. The Morgan fingerprint density at radius 1 is 0.783 bits per heavy atom. The molecule has 4 heteroatoms. The first-order chi connectivity index (χ1) is 11.0. The molecule has 138 valence electrons. The molecule has 0 heterocycles. The Morgan fingerprint density at radius 2 is 1.26 bits per heavy atom. The highest BCUT2D eigenvalue weighted by Gasteiger charge is 2.10. The largest absolute Gasteiger partial charge is 0.466 e. The summed E-state index contributed by atoms with van der Waals surface area (Å²) >= 11 is 0. The van der Waals surface area contributed by atoms with E-state index in [9.17, 15) is 9.59 Å². The molecule has 0 radical (unpaired) electrons. The molecule has 0 aromatic carbocycles. The fraction of sp³-hybridized carbons (Fsp3) is 0.895. The average molecular weight is 331 g/mol. The molecule has 0 spiro atoms. The quantitative estimate of drug-likeness (QED) is 0.360. The maximum absolute atomic E-state index is 11.2. The minimum atomic E-state index is -0.170. The Hall–Kier alpha value is -1.06. The predicted molar refractivity (Wildman–Crippen MR) is 95.3 cm³/mol. The van der Waals surface area contributed by atoms with Crippen molar-refractivity contribution >= 4 is 11.9 Å². The number of carbonyl (C=O) groups is 2. The molecule has 0 fully saturated rings. The second-order valence-electron chi connectivity index (χ2n) is 5.94. The number of hydrogen-bond donors (Lipinski definition) is 0. The van der Waals surface area contributed by atoms with Crippen LogP contribution in [0, 0.1) is 5.92 Å². The van der Waals surface area contributed by atoms with Crippen LogP contribution in [0.5, 0.6) is 0 Å². The SMILES string of the molecule is CCCCCCOC(=O)C(C)CC.CCCCCCOC(C)=O. The summed E-state index contributed by atoms with van der Waals surface area (Å²) in [5, 5.41) is 0. The van der Waals surface area contributed by atoms with Crippen molar-refractivity contribution in [2.75, 3.05) is 13.2 Å². The lowest BCUT2D eigenvalue weighted by Crippen LogP contribution is -2.14. The van der Waals surface area contributed by atoms with Gasteiger partial charge in [-0.25, -0.2) is 0 Å². The van der Waals surface area contributed by atoms with E-state index < -0.39 is 0 Å². The highest BCUT2D eigenvalue weighted by molar-refractivity contribution is 5.71. The first-order valence-electron chi connectivity index (χ1n) is 9.29. The highest BCUT2D eigenvalue weighted by atomic mass is 16.5. The van der Waals surface area contributed by atoms with Gasteiger partial charge >= 0.3 is 11.9 Å². The van der Waals surface area contributed by atoms with Crippen LogP contribution in [0.4, 0.5) is 0 Å². The summed E-state index contributed by atoms with van der Waals surface area (Å²) in [5.41, 5.74) is 0. The second-order valence-corrected chi connectivity index (χ2v) is 5.94. The molecule has 0 rings (SSSR count). The standard InChI is InChI=1S/C11H22O2.C8H16O2/c1-4-6-7-8-9-13-11(12)10(3)5-2;1-3-4-5-6-7-10-8(2)9/h10H,4-9H2,1-3H3;3-7H2,1-2H3. The molecule has 1 unspecified atom stereocenters. The Bertz CT molecular complexity index is 277. The predicted octanol–water partition coefficient (Wildman–Crippen LogP) is 5.29. The van der Waals surface area contributed by atoms with Gasteiger partial charge in [-0.05, 0) is 19.3 Å². The summed E-state index contributed by atoms with van der Waals surface area (Å²) in [6.07, 6.45) is 10.1. The van der Waals surface area contributed by atoms with E-state index in [1.807, 2.05) is 13.8 Å². The van der Waals surface area contributed by atoms with Crippen molar-refractivity contribution in [2.24, 2.45) is 5.92 Å². The number of unbranched alkanes of at least 4 members (excludes halogenated alkanes) is 6. The molecular weight excluding hydrogens is 292 g/mol. The Balaban J connectivity index is 0. The number of carbonyl (C=O) groups excluding carboxylic acids is 2. The minimum absolute atomic E-state index is 0.0426. The van der Waals surface area contributed by atoms with Crippen LogP contribution in [0.25, 0.3) is 0 Å². The fourth-order valence-corrected chi connectivity index (χ4v) is 1.76. The van der Waals surface area contributed by atoms with E-state index in [-0.39, 0.29) is 17.9 Å². The zero-order valence-corrected chi connectivity index (χ0v) is 16.0. The summed E-state index contributed by atoms with van der Waals surface area (Å²) in [7, 11) is 0. The first kappa shape index (κ1) is 24.2. The normalized spacial score (nSPS) is 11.2. The van der Waals surface area contributed by atoms with Gasteiger partial charge in [-0.1, -0.05) is 66.2 Å². The van der Waals surface area contributed by atoms with Gasteiger partial charge in [0.05, 0.1) is 19.1 Å². The third kappa shape index (κ3) is 20.9. The van der Waals surface area contributed by atoms with Crippen LogP contribution in [0.15, 0.2) is 0 Å². The van der Waals surface area contributed by atoms with Gasteiger partial charge in [0.25, 0.3) is 0 Å². The summed E-state index contributed by atoms with van der Waals surface area (Å²) in [4.78, 5) is 21.4. The lowest BCUT2D eigenvalue weighted by Gasteiger charge is -2.08. The van der Waals surface area contributed by atoms with Gasteiger partial charge in [0.2, 0.25) is 0 Å². The third-order valence-electron chi connectivity index (χ3n) is 3.56. The lowest BCUT2D eigenvalue weighted by atomic mass is 10.1. The molecule has 0 aromatic heterocycles. The van der Waals surface area contributed by atoms with Crippen molar-refractivity contribution in [1.29, 1.82) is 0 Å². The molecule has 0 saturated heterocycles. The van der Waals surface area contributed by atoms with Gasteiger partial charge in [-0.15, -0.1) is 0 Å². The third-order valence-corrected chi connectivity index (χ3v) is 3.56. The van der Waals surface area contributed by atoms with E-state index in [4.69, 9.17) is 9.47 Å². The Kier molecular flexibility index (Phi) is 20.0. The van der Waals surface area contributed by atoms with Crippen LogP contribution in [0.3, 0.4) is 0 Å². The molecule has 4 nitrogen and oxygen atoms in total. The van der Waals surface area contributed by atoms with Crippen molar-refractivity contribution in [3.05, 3.63) is 0 Å². The lowest BCUT2D eigenvalue weighted by molar-refractivity contribution is -0.148. The zero-order chi connectivity index (χ0) is 17.9. The molecular formula is C19H38O4. The van der Waals surface area contributed by atoms with Crippen LogP contribution < -0.4 is 0 Å². The van der Waals surface area contributed by atoms with Crippen LogP contribution >= 0.6 is 0 Å². The van der Waals surface area contributed by atoms with E-state index in [1.165, 1.54) is 45.4 Å². The average Bonchev–Trinajstić information content (AvgIpc) is 2.53. The summed E-state index contributed by atoms with van der Waals surface area (Å²) in [6.45, 7) is 10.9. The van der Waals surface area contributed by atoms with Gasteiger partial charge in [0, 0.05) is 6.92 Å². The van der Waals surface area contributed by atoms with Crippen LogP contribution in [-0.2, 0) is 19.1 Å². The van der Waals surface area contributed by atoms with Crippen molar-refractivity contribution in [2.45, 2.75) is 92.4 Å². The van der Waals surface area contributed by atoms with E-state index in [1.54, 1.807) is 0 Å². The monoisotopic (exact) mass is 330 g/mol. The Morgan fingerprint density at radius 3 is 1.65 bits per heavy atom. The molecule has 0 aromatic rings. The van der Waals surface area contributed by atoms with Crippen LogP contribution in [-0.4, -0.2) is 25.2 Å². The number of ether oxygens (including phenoxy) is 2. The molecule has 1 atom stereocenters. The van der Waals surface area contributed by atoms with Gasteiger partial charge in [-0.3, -0.25) is 9.59 Å². The maximum atomic E-state index is 11.2. The molecule has 0 N–H and O–H groups in total. The summed E-state index contributed by atoms with van der Waals surface area (Å²) in [5.74, 6) is -0.151. The topological polar surface area (TPSA) is 52.6 Å². The van der Waals surface area contributed by atoms with Gasteiger partial charge < -0.3 is 9.47 Å². The smallest absolute Gasteiger partial charge is 0.308 e. The minimum Gasteiger partial charge on any atom is -0.466 e. The van der Waals surface area contributed by atoms with Crippen LogP contribution in [0.1, 0.15) is 92.4 Å². The highest BCUT2D eigenvalue weighted by Crippen LogP contribution is 2.05. The van der Waals surface area contributed by atoms with Gasteiger partial charge in [0.1, 0.15) is 0 Å². The molecule has 0 amide bonds. The van der Waals surface area contributed by atoms with Gasteiger partial charge in [0.15, 0.2) is 0 Å². The van der Waals surface area contributed by atoms with Crippen molar-refractivity contribution in [1.82, 2.24) is 0 Å². The summed E-state index contributed by atoms with van der Waals surface area (Å²) < 4.78 is 9.85. The van der Waals surface area contributed by atoms with Crippen molar-refractivity contribution in [3.63, 3.8) is 0 Å². The molecule has 0 aliphatic rings. The molecule has 23 heavy (non-hydrogen) atoms. The molecule has 0 saturated carbocycles. The van der Waals surface area contributed by atoms with E-state index in [0.29, 0.717) is 13.2 Å². The van der Waals surface area contributed by atoms with Crippen molar-refractivity contribution in [3.8, 4) is 0 Å².